The normalized spacial score (nSPS) is 10.6. The predicted octanol–water partition coefficient (Wildman–Crippen LogP) is 3.99. The van der Waals surface area contributed by atoms with E-state index in [0.717, 1.165) is 5.56 Å². The molecule has 5 heteroatoms. The number of hydrazone groups is 1. The Balaban J connectivity index is 1.56. The van der Waals surface area contributed by atoms with Crippen LogP contribution in [0.25, 0.3) is 0 Å². The molecule has 0 fully saturated rings. The van der Waals surface area contributed by atoms with Gasteiger partial charge in [0.2, 0.25) is 5.91 Å². The van der Waals surface area contributed by atoms with Gasteiger partial charge in [0.1, 0.15) is 5.75 Å². The van der Waals surface area contributed by atoms with Crippen molar-refractivity contribution in [1.29, 1.82) is 0 Å². The smallest absolute Gasteiger partial charge is 0.343 e. The molecular formula is C23H20N2O3. The number of esters is 1. The zero-order valence-corrected chi connectivity index (χ0v) is 15.2. The van der Waals surface area contributed by atoms with Gasteiger partial charge in [-0.3, -0.25) is 4.79 Å². The van der Waals surface area contributed by atoms with Crippen LogP contribution in [0.4, 0.5) is 0 Å². The molecule has 1 N–H and O–H groups in total. The van der Waals surface area contributed by atoms with E-state index in [2.05, 4.69) is 10.5 Å². The quantitative estimate of drug-likeness (QED) is 0.295. The van der Waals surface area contributed by atoms with Gasteiger partial charge >= 0.3 is 5.97 Å². The molecule has 0 saturated heterocycles. The monoisotopic (exact) mass is 372 g/mol. The second kappa shape index (κ2) is 9.83. The molecule has 3 aromatic carbocycles. The minimum atomic E-state index is -0.451. The number of nitrogens with one attached hydrogen (secondary N) is 1. The fraction of sp³-hybridized carbons (Fsp3) is 0.0870. The van der Waals surface area contributed by atoms with Gasteiger partial charge in [0, 0.05) is 12.0 Å². The van der Waals surface area contributed by atoms with E-state index < -0.39 is 5.97 Å². The van der Waals surface area contributed by atoms with Crippen molar-refractivity contribution in [2.24, 2.45) is 5.10 Å². The first-order chi connectivity index (χ1) is 13.7. The SMILES string of the molecule is O=C(CCc1ccccc1)NN=Cc1ccccc1OC(=O)c1ccccc1. The molecule has 0 saturated carbocycles. The van der Waals surface area contributed by atoms with Crippen LogP contribution in [-0.2, 0) is 11.2 Å². The fourth-order valence-electron chi connectivity index (χ4n) is 2.55. The van der Waals surface area contributed by atoms with Crippen molar-refractivity contribution < 1.29 is 14.3 Å². The number of carbonyl (C=O) groups excluding carboxylic acids is 2. The van der Waals surface area contributed by atoms with Crippen LogP contribution in [0.1, 0.15) is 27.9 Å². The highest BCUT2D eigenvalue weighted by molar-refractivity contribution is 5.93. The van der Waals surface area contributed by atoms with E-state index in [0.29, 0.717) is 29.7 Å². The number of benzene rings is 3. The lowest BCUT2D eigenvalue weighted by atomic mass is 10.1. The van der Waals surface area contributed by atoms with Crippen molar-refractivity contribution in [3.8, 4) is 5.75 Å². The summed E-state index contributed by atoms with van der Waals surface area (Å²) in [7, 11) is 0. The zero-order valence-electron chi connectivity index (χ0n) is 15.2. The van der Waals surface area contributed by atoms with Crippen molar-refractivity contribution in [2.75, 3.05) is 0 Å². The molecule has 3 aromatic rings. The molecule has 140 valence electrons. The maximum atomic E-state index is 12.2. The first kappa shape index (κ1) is 19.0. The topological polar surface area (TPSA) is 67.8 Å². The van der Waals surface area contributed by atoms with E-state index in [1.807, 2.05) is 36.4 Å². The van der Waals surface area contributed by atoms with Gasteiger partial charge < -0.3 is 4.74 Å². The van der Waals surface area contributed by atoms with Gasteiger partial charge in [-0.2, -0.15) is 5.10 Å². The molecule has 0 aliphatic rings. The van der Waals surface area contributed by atoms with Crippen molar-refractivity contribution in [3.05, 3.63) is 102 Å². The molecular weight excluding hydrogens is 352 g/mol. The third-order valence-electron chi connectivity index (χ3n) is 4.01. The summed E-state index contributed by atoms with van der Waals surface area (Å²) in [4.78, 5) is 24.2. The zero-order chi connectivity index (χ0) is 19.6. The number of ether oxygens (including phenoxy) is 1. The van der Waals surface area contributed by atoms with Gasteiger partial charge in [-0.15, -0.1) is 0 Å². The van der Waals surface area contributed by atoms with Crippen LogP contribution < -0.4 is 10.2 Å². The van der Waals surface area contributed by atoms with Crippen molar-refractivity contribution >= 4 is 18.1 Å². The maximum absolute atomic E-state index is 12.2. The molecule has 0 radical (unpaired) electrons. The van der Waals surface area contributed by atoms with Crippen molar-refractivity contribution in [3.63, 3.8) is 0 Å². The number of nitrogens with zero attached hydrogens (tertiary/aromatic N) is 1. The molecule has 28 heavy (non-hydrogen) atoms. The highest BCUT2D eigenvalue weighted by Gasteiger charge is 2.10. The van der Waals surface area contributed by atoms with Gasteiger partial charge in [0.15, 0.2) is 0 Å². The predicted molar refractivity (Wildman–Crippen MR) is 108 cm³/mol. The van der Waals surface area contributed by atoms with Crippen molar-refractivity contribution in [2.45, 2.75) is 12.8 Å². The largest absolute Gasteiger partial charge is 0.422 e. The van der Waals surface area contributed by atoms with E-state index in [-0.39, 0.29) is 5.91 Å². The lowest BCUT2D eigenvalue weighted by Crippen LogP contribution is -2.18. The summed E-state index contributed by atoms with van der Waals surface area (Å²) in [6.07, 6.45) is 2.45. The summed E-state index contributed by atoms with van der Waals surface area (Å²) in [5.74, 6) is -0.258. The van der Waals surface area contributed by atoms with Crippen LogP contribution >= 0.6 is 0 Å². The molecule has 0 unspecified atom stereocenters. The average molecular weight is 372 g/mol. The minimum absolute atomic E-state index is 0.182. The van der Waals surface area contributed by atoms with Gasteiger partial charge in [-0.25, -0.2) is 10.2 Å². The van der Waals surface area contributed by atoms with Crippen molar-refractivity contribution in [1.82, 2.24) is 5.43 Å². The third kappa shape index (κ3) is 5.64. The molecule has 0 atom stereocenters. The summed E-state index contributed by atoms with van der Waals surface area (Å²) in [6, 6.07) is 25.5. The van der Waals surface area contributed by atoms with E-state index in [9.17, 15) is 9.59 Å². The second-order valence-electron chi connectivity index (χ2n) is 6.07. The maximum Gasteiger partial charge on any atom is 0.343 e. The molecule has 0 heterocycles. The number of para-hydroxylation sites is 1. The number of aryl methyl sites for hydroxylation is 1. The molecule has 3 rings (SSSR count). The molecule has 1 amide bonds. The summed E-state index contributed by atoms with van der Waals surface area (Å²) in [5.41, 5.74) is 4.65. The van der Waals surface area contributed by atoms with Crippen LogP contribution in [0, 0.1) is 0 Å². The Labute approximate surface area is 163 Å². The fourth-order valence-corrected chi connectivity index (χ4v) is 2.55. The Morgan fingerprint density at radius 1 is 0.857 bits per heavy atom. The Hall–Kier alpha value is -3.73. The number of hydrogen-bond donors (Lipinski definition) is 1. The van der Waals surface area contributed by atoms with E-state index in [4.69, 9.17) is 4.74 Å². The number of hydrogen-bond acceptors (Lipinski definition) is 4. The third-order valence-corrected chi connectivity index (χ3v) is 4.01. The molecule has 0 aromatic heterocycles. The highest BCUT2D eigenvalue weighted by Crippen LogP contribution is 2.17. The molecule has 0 bridgehead atoms. The van der Waals surface area contributed by atoms with Crippen LogP contribution in [0.5, 0.6) is 5.75 Å². The van der Waals surface area contributed by atoms with Crippen LogP contribution in [0.2, 0.25) is 0 Å². The lowest BCUT2D eigenvalue weighted by molar-refractivity contribution is -0.121. The summed E-state index contributed by atoms with van der Waals surface area (Å²) in [6.45, 7) is 0. The van der Waals surface area contributed by atoms with E-state index in [1.54, 1.807) is 48.5 Å². The standard InChI is InChI=1S/C23H20N2O3/c26-22(16-15-18-9-3-1-4-10-18)25-24-17-20-13-7-8-14-21(20)28-23(27)19-11-5-2-6-12-19/h1-14,17H,15-16H2,(H,25,26). The van der Waals surface area contributed by atoms with Crippen LogP contribution in [0.3, 0.4) is 0 Å². The number of carbonyl (C=O) groups is 2. The Morgan fingerprint density at radius 2 is 1.50 bits per heavy atom. The molecule has 0 aliphatic heterocycles. The summed E-state index contributed by atoms with van der Waals surface area (Å²) >= 11 is 0. The van der Waals surface area contributed by atoms with Gasteiger partial charge in [0.05, 0.1) is 11.8 Å². The number of rotatable bonds is 7. The molecule has 0 aliphatic carbocycles. The first-order valence-electron chi connectivity index (χ1n) is 8.94. The molecule has 0 spiro atoms. The summed E-state index contributed by atoms with van der Waals surface area (Å²) < 4.78 is 5.45. The van der Waals surface area contributed by atoms with E-state index in [1.165, 1.54) is 6.21 Å². The average Bonchev–Trinajstić information content (AvgIpc) is 2.75. The highest BCUT2D eigenvalue weighted by atomic mass is 16.5. The minimum Gasteiger partial charge on any atom is -0.422 e. The summed E-state index contributed by atoms with van der Waals surface area (Å²) in [5, 5.41) is 3.98. The Morgan fingerprint density at radius 3 is 2.25 bits per heavy atom. The number of amides is 1. The Kier molecular flexibility index (Phi) is 6.68. The first-order valence-corrected chi connectivity index (χ1v) is 8.94. The second-order valence-corrected chi connectivity index (χ2v) is 6.07. The van der Waals surface area contributed by atoms with Crippen LogP contribution in [-0.4, -0.2) is 18.1 Å². The van der Waals surface area contributed by atoms with E-state index >= 15 is 0 Å². The lowest BCUT2D eigenvalue weighted by Gasteiger charge is -2.07. The molecule has 5 nitrogen and oxygen atoms in total. The van der Waals surface area contributed by atoms with Gasteiger partial charge in [-0.1, -0.05) is 60.7 Å². The van der Waals surface area contributed by atoms with Crippen LogP contribution in [0.15, 0.2) is 90.0 Å². The van der Waals surface area contributed by atoms with Gasteiger partial charge in [-0.05, 0) is 36.2 Å². The van der Waals surface area contributed by atoms with Gasteiger partial charge in [0.25, 0.3) is 0 Å². The Bertz CT molecular complexity index is 954.